The van der Waals surface area contributed by atoms with E-state index in [2.05, 4.69) is 241 Å². The van der Waals surface area contributed by atoms with E-state index in [0.29, 0.717) is 0 Å². The Hall–Kier alpha value is -7.78. The van der Waals surface area contributed by atoms with Gasteiger partial charge in [0.05, 0.1) is 5.41 Å². The minimum Gasteiger partial charge on any atom is -0.310 e. The summed E-state index contributed by atoms with van der Waals surface area (Å²) >= 11 is 1.86. The maximum Gasteiger partial charge on any atom is 0.0725 e. The third kappa shape index (κ3) is 5.35. The van der Waals surface area contributed by atoms with Crippen LogP contribution in [-0.2, 0) is 5.41 Å². The van der Waals surface area contributed by atoms with Crippen molar-refractivity contribution in [2.24, 2.45) is 0 Å². The summed E-state index contributed by atoms with van der Waals surface area (Å²) in [6.45, 7) is 0. The zero-order valence-electron chi connectivity index (χ0n) is 34.4. The highest BCUT2D eigenvalue weighted by Crippen LogP contribution is 2.64. The highest BCUT2D eigenvalue weighted by Gasteiger charge is 2.52. The van der Waals surface area contributed by atoms with Gasteiger partial charge in [0.1, 0.15) is 0 Å². The Kier molecular flexibility index (Phi) is 8.06. The van der Waals surface area contributed by atoms with Gasteiger partial charge in [-0.05, 0) is 126 Å². The second-order valence-electron chi connectivity index (χ2n) is 16.7. The van der Waals surface area contributed by atoms with Crippen molar-refractivity contribution in [2.45, 2.75) is 5.41 Å². The monoisotopic (exact) mass is 817 g/mol. The van der Waals surface area contributed by atoms with Crippen LogP contribution in [0.15, 0.2) is 237 Å². The fourth-order valence-electron chi connectivity index (χ4n) is 10.9. The third-order valence-electron chi connectivity index (χ3n) is 13.5. The maximum absolute atomic E-state index is 2.38. The first-order valence-corrected chi connectivity index (χ1v) is 22.6. The van der Waals surface area contributed by atoms with Gasteiger partial charge < -0.3 is 4.90 Å². The van der Waals surface area contributed by atoms with Gasteiger partial charge in [0.2, 0.25) is 0 Å². The van der Waals surface area contributed by atoms with E-state index in [1.807, 2.05) is 11.3 Å². The maximum atomic E-state index is 2.38. The molecular weight excluding hydrogens is 779 g/mol. The summed E-state index contributed by atoms with van der Waals surface area (Å²) in [4.78, 5) is 2.38. The zero-order valence-corrected chi connectivity index (χ0v) is 35.2. The van der Waals surface area contributed by atoms with Crippen LogP contribution in [0.2, 0.25) is 0 Å². The molecule has 0 bridgehead atoms. The molecule has 1 spiro atoms. The number of hydrogen-bond donors (Lipinski definition) is 0. The molecule has 2 aliphatic carbocycles. The minimum absolute atomic E-state index is 0.378. The first-order chi connectivity index (χ1) is 31.3. The fraction of sp³-hybridized carbons (Fsp3) is 0.0164. The molecule has 0 atom stereocenters. The van der Waals surface area contributed by atoms with Crippen LogP contribution < -0.4 is 4.90 Å². The van der Waals surface area contributed by atoms with Crippen LogP contribution in [0.25, 0.3) is 75.8 Å². The molecule has 0 amide bonds. The molecule has 1 nitrogen and oxygen atoms in total. The molecule has 294 valence electrons. The molecule has 10 aromatic carbocycles. The molecule has 0 fully saturated rings. The van der Waals surface area contributed by atoms with Crippen LogP contribution >= 0.6 is 11.3 Å². The summed E-state index contributed by atoms with van der Waals surface area (Å²) in [6.07, 6.45) is 0. The summed E-state index contributed by atoms with van der Waals surface area (Å²) in [7, 11) is 0. The number of nitrogens with zero attached hydrogens (tertiary/aromatic N) is 1. The molecule has 1 aromatic heterocycles. The number of fused-ring (bicyclic) bond motifs is 13. The van der Waals surface area contributed by atoms with E-state index in [9.17, 15) is 0 Å². The van der Waals surface area contributed by atoms with E-state index in [1.54, 1.807) is 0 Å². The van der Waals surface area contributed by atoms with Crippen molar-refractivity contribution in [3.05, 3.63) is 259 Å². The minimum atomic E-state index is -0.378. The fourth-order valence-corrected chi connectivity index (χ4v) is 12.0. The third-order valence-corrected chi connectivity index (χ3v) is 14.6. The van der Waals surface area contributed by atoms with Crippen LogP contribution in [0.3, 0.4) is 0 Å². The van der Waals surface area contributed by atoms with Crippen LogP contribution in [-0.4, -0.2) is 0 Å². The van der Waals surface area contributed by atoms with Crippen molar-refractivity contribution >= 4 is 48.6 Å². The average Bonchev–Trinajstić information content (AvgIpc) is 3.98. The lowest BCUT2D eigenvalue weighted by atomic mass is 9.70. The van der Waals surface area contributed by atoms with Gasteiger partial charge >= 0.3 is 0 Å². The molecule has 0 saturated carbocycles. The quantitative estimate of drug-likeness (QED) is 0.162. The standard InChI is InChI=1S/C61H39NS/c1-3-16-40(17-4-1)42-32-37-58-53(38-42)50-36-35-45(39-59(50)63-58)62(43-18-5-2-6-19-43)44-33-30-41(31-34-44)46-20-7-8-21-47(46)51-25-15-29-57-60(51)52-24-11-14-28-56(52)61(57)54-26-12-9-22-48(54)49-23-10-13-27-55(49)61/h1-39H. The summed E-state index contributed by atoms with van der Waals surface area (Å²) < 4.78 is 2.58. The lowest BCUT2D eigenvalue weighted by Gasteiger charge is -2.30. The van der Waals surface area contributed by atoms with E-state index in [-0.39, 0.29) is 5.41 Å². The van der Waals surface area contributed by atoms with Gasteiger partial charge in [-0.15, -0.1) is 11.3 Å². The van der Waals surface area contributed by atoms with Crippen molar-refractivity contribution < 1.29 is 0 Å². The highest BCUT2D eigenvalue weighted by atomic mass is 32.1. The number of para-hydroxylation sites is 1. The Morgan fingerprint density at radius 2 is 0.810 bits per heavy atom. The second-order valence-corrected chi connectivity index (χ2v) is 17.8. The largest absolute Gasteiger partial charge is 0.310 e. The second kappa shape index (κ2) is 14.1. The molecule has 0 radical (unpaired) electrons. The summed E-state index contributed by atoms with van der Waals surface area (Å²) in [6, 6.07) is 87.5. The molecule has 11 aromatic rings. The van der Waals surface area contributed by atoms with E-state index in [1.165, 1.54) is 98.1 Å². The van der Waals surface area contributed by atoms with Crippen LogP contribution in [0, 0.1) is 0 Å². The highest BCUT2D eigenvalue weighted by molar-refractivity contribution is 7.25. The number of rotatable bonds is 6. The topological polar surface area (TPSA) is 3.24 Å². The van der Waals surface area contributed by atoms with Gasteiger partial charge in [-0.25, -0.2) is 0 Å². The van der Waals surface area contributed by atoms with Gasteiger partial charge in [0.15, 0.2) is 0 Å². The SMILES string of the molecule is c1ccc(-c2ccc3sc4cc(N(c5ccccc5)c5ccc(-c6ccccc6-c6cccc7c6-c6ccccc6C76c7ccccc7-c7ccccc76)cc5)ccc4c3c2)cc1. The molecule has 0 saturated heterocycles. The smallest absolute Gasteiger partial charge is 0.0725 e. The molecule has 0 N–H and O–H groups in total. The molecule has 2 heteroatoms. The van der Waals surface area contributed by atoms with Gasteiger partial charge in [0.25, 0.3) is 0 Å². The first kappa shape index (κ1) is 35.9. The Labute approximate surface area is 371 Å². The van der Waals surface area contributed by atoms with E-state index in [4.69, 9.17) is 0 Å². The molecule has 0 unspecified atom stereocenters. The number of anilines is 3. The van der Waals surface area contributed by atoms with E-state index in [0.717, 1.165) is 17.1 Å². The summed E-state index contributed by atoms with van der Waals surface area (Å²) in [5.74, 6) is 0. The van der Waals surface area contributed by atoms with E-state index >= 15 is 0 Å². The van der Waals surface area contributed by atoms with E-state index < -0.39 is 0 Å². The van der Waals surface area contributed by atoms with Crippen LogP contribution in [0.4, 0.5) is 17.1 Å². The molecule has 13 rings (SSSR count). The van der Waals surface area contributed by atoms with Gasteiger partial charge in [-0.2, -0.15) is 0 Å². The predicted molar refractivity (Wildman–Crippen MR) is 267 cm³/mol. The molecule has 1 heterocycles. The summed E-state index contributed by atoms with van der Waals surface area (Å²) in [5, 5.41) is 2.59. The molecular formula is C61H39NS. The van der Waals surface area contributed by atoms with Crippen LogP contribution in [0.5, 0.6) is 0 Å². The Balaban J connectivity index is 0.920. The van der Waals surface area contributed by atoms with Gasteiger partial charge in [0, 0.05) is 37.2 Å². The van der Waals surface area contributed by atoms with Crippen molar-refractivity contribution in [2.75, 3.05) is 4.90 Å². The van der Waals surface area contributed by atoms with Gasteiger partial charge in [-0.1, -0.05) is 188 Å². The van der Waals surface area contributed by atoms with Crippen molar-refractivity contribution in [3.63, 3.8) is 0 Å². The number of hydrogen-bond acceptors (Lipinski definition) is 2. The average molecular weight is 818 g/mol. The number of thiophene rings is 1. The van der Waals surface area contributed by atoms with Crippen molar-refractivity contribution in [1.82, 2.24) is 0 Å². The molecule has 0 aliphatic heterocycles. The van der Waals surface area contributed by atoms with Crippen molar-refractivity contribution in [3.8, 4) is 55.6 Å². The Bertz CT molecular complexity index is 3520. The lowest BCUT2D eigenvalue weighted by molar-refractivity contribution is 0.794. The predicted octanol–water partition coefficient (Wildman–Crippen LogP) is 16.9. The Morgan fingerprint density at radius 3 is 1.52 bits per heavy atom. The molecule has 2 aliphatic rings. The summed E-state index contributed by atoms with van der Waals surface area (Å²) in [5.41, 5.74) is 21.1. The van der Waals surface area contributed by atoms with Crippen molar-refractivity contribution in [1.29, 1.82) is 0 Å². The van der Waals surface area contributed by atoms with Gasteiger partial charge in [-0.3, -0.25) is 0 Å². The first-order valence-electron chi connectivity index (χ1n) is 21.8. The Morgan fingerprint density at radius 1 is 0.286 bits per heavy atom. The zero-order chi connectivity index (χ0) is 41.5. The normalized spacial score (nSPS) is 12.9. The lowest BCUT2D eigenvalue weighted by Crippen LogP contribution is -2.25. The molecule has 63 heavy (non-hydrogen) atoms. The van der Waals surface area contributed by atoms with Crippen LogP contribution in [0.1, 0.15) is 22.3 Å². The number of benzene rings is 10.